The largest absolute Gasteiger partial charge is 0.467 e. The number of ether oxygens (including phenoxy) is 1. The number of carbonyl (C=O) groups excluding carboxylic acids is 1. The van der Waals surface area contributed by atoms with E-state index in [0.717, 1.165) is 6.42 Å². The summed E-state index contributed by atoms with van der Waals surface area (Å²) in [5.41, 5.74) is 0.121. The topological polar surface area (TPSA) is 26.3 Å². The molecule has 72 valence electrons. The van der Waals surface area contributed by atoms with Crippen molar-refractivity contribution in [1.82, 2.24) is 0 Å². The van der Waals surface area contributed by atoms with Gasteiger partial charge in [0.1, 0.15) is 0 Å². The van der Waals surface area contributed by atoms with Gasteiger partial charge in [0.25, 0.3) is 6.47 Å². The predicted molar refractivity (Wildman–Crippen MR) is 49.9 cm³/mol. The Morgan fingerprint density at radius 2 is 2.08 bits per heavy atom. The Morgan fingerprint density at radius 1 is 1.50 bits per heavy atom. The minimum Gasteiger partial charge on any atom is -0.467 e. The van der Waals surface area contributed by atoms with E-state index in [1.165, 1.54) is 6.42 Å². The summed E-state index contributed by atoms with van der Waals surface area (Å²) in [6, 6.07) is 0. The van der Waals surface area contributed by atoms with Crippen LogP contribution in [-0.2, 0) is 9.53 Å². The fourth-order valence-corrected chi connectivity index (χ4v) is 1.41. The molecule has 0 heterocycles. The molecule has 0 fully saturated rings. The van der Waals surface area contributed by atoms with E-state index in [1.54, 1.807) is 0 Å². The third kappa shape index (κ3) is 5.16. The van der Waals surface area contributed by atoms with Crippen LogP contribution in [0.5, 0.6) is 0 Å². The van der Waals surface area contributed by atoms with E-state index < -0.39 is 0 Å². The lowest BCUT2D eigenvalue weighted by atomic mass is 9.83. The first-order chi connectivity index (χ1) is 5.52. The fourth-order valence-electron chi connectivity index (χ4n) is 1.41. The Kier molecular flexibility index (Phi) is 4.95. The van der Waals surface area contributed by atoms with Gasteiger partial charge in [0, 0.05) is 0 Å². The normalized spacial score (nSPS) is 14.0. The molecule has 0 aliphatic heterocycles. The van der Waals surface area contributed by atoms with Crippen molar-refractivity contribution in [2.24, 2.45) is 11.3 Å². The van der Waals surface area contributed by atoms with Gasteiger partial charge in [-0.05, 0) is 17.8 Å². The molecule has 0 saturated heterocycles. The molecule has 0 rings (SSSR count). The van der Waals surface area contributed by atoms with Crippen LogP contribution in [0.3, 0.4) is 0 Å². The quantitative estimate of drug-likeness (QED) is 0.576. The first kappa shape index (κ1) is 11.5. The second kappa shape index (κ2) is 5.18. The van der Waals surface area contributed by atoms with Crippen molar-refractivity contribution < 1.29 is 9.53 Å². The van der Waals surface area contributed by atoms with Crippen LogP contribution in [-0.4, -0.2) is 13.1 Å². The molecule has 0 saturated carbocycles. The van der Waals surface area contributed by atoms with Gasteiger partial charge in [0.2, 0.25) is 0 Å². The maximum absolute atomic E-state index is 9.98. The Morgan fingerprint density at radius 3 is 2.50 bits per heavy atom. The average Bonchev–Trinajstić information content (AvgIpc) is 2.00. The Balaban J connectivity index is 3.76. The summed E-state index contributed by atoms with van der Waals surface area (Å²) < 4.78 is 4.76. The zero-order valence-electron chi connectivity index (χ0n) is 8.59. The molecule has 0 aromatic carbocycles. The maximum Gasteiger partial charge on any atom is 0.293 e. The highest BCUT2D eigenvalue weighted by atomic mass is 16.5. The highest BCUT2D eigenvalue weighted by Gasteiger charge is 2.20. The van der Waals surface area contributed by atoms with E-state index in [4.69, 9.17) is 4.74 Å². The van der Waals surface area contributed by atoms with Crippen molar-refractivity contribution in [2.45, 2.75) is 40.5 Å². The maximum atomic E-state index is 9.98. The lowest BCUT2D eigenvalue weighted by Crippen LogP contribution is -2.21. The monoisotopic (exact) mass is 172 g/mol. The molecule has 0 spiro atoms. The van der Waals surface area contributed by atoms with Crippen LogP contribution < -0.4 is 0 Å². The number of rotatable bonds is 6. The summed E-state index contributed by atoms with van der Waals surface area (Å²) in [6.07, 6.45) is 2.29. The minimum absolute atomic E-state index is 0.121. The van der Waals surface area contributed by atoms with E-state index in [0.29, 0.717) is 19.0 Å². The number of hydrogen-bond acceptors (Lipinski definition) is 2. The highest BCUT2D eigenvalue weighted by molar-refractivity contribution is 5.36. The van der Waals surface area contributed by atoms with Crippen LogP contribution in [0.15, 0.2) is 0 Å². The van der Waals surface area contributed by atoms with Crippen molar-refractivity contribution in [3.05, 3.63) is 0 Å². The van der Waals surface area contributed by atoms with Crippen molar-refractivity contribution in [1.29, 1.82) is 0 Å². The SMILES string of the molecule is CCC(C)CC(C)(C)COC=O. The zero-order chi connectivity index (χ0) is 9.61. The second-order valence-electron chi connectivity index (χ2n) is 4.29. The average molecular weight is 172 g/mol. The van der Waals surface area contributed by atoms with Crippen molar-refractivity contribution in [3.8, 4) is 0 Å². The Labute approximate surface area is 75.3 Å². The molecule has 0 radical (unpaired) electrons. The summed E-state index contributed by atoms with van der Waals surface area (Å²) in [4.78, 5) is 9.98. The summed E-state index contributed by atoms with van der Waals surface area (Å²) in [5.74, 6) is 0.704. The third-order valence-electron chi connectivity index (χ3n) is 2.14. The van der Waals surface area contributed by atoms with Crippen molar-refractivity contribution in [3.63, 3.8) is 0 Å². The smallest absolute Gasteiger partial charge is 0.293 e. The molecule has 1 unspecified atom stereocenters. The van der Waals surface area contributed by atoms with Gasteiger partial charge < -0.3 is 4.74 Å². The predicted octanol–water partition coefficient (Wildman–Crippen LogP) is 2.62. The van der Waals surface area contributed by atoms with E-state index in [-0.39, 0.29) is 5.41 Å². The van der Waals surface area contributed by atoms with Gasteiger partial charge in [0.15, 0.2) is 0 Å². The summed E-state index contributed by atoms with van der Waals surface area (Å²) in [5, 5.41) is 0. The van der Waals surface area contributed by atoms with E-state index in [9.17, 15) is 4.79 Å². The van der Waals surface area contributed by atoms with E-state index in [1.807, 2.05) is 0 Å². The molecule has 0 aliphatic carbocycles. The van der Waals surface area contributed by atoms with Gasteiger partial charge in [-0.2, -0.15) is 0 Å². The van der Waals surface area contributed by atoms with Crippen LogP contribution in [0.2, 0.25) is 0 Å². The molecular weight excluding hydrogens is 152 g/mol. The van der Waals surface area contributed by atoms with Gasteiger partial charge in [-0.25, -0.2) is 0 Å². The summed E-state index contributed by atoms with van der Waals surface area (Å²) in [7, 11) is 0. The molecule has 0 aliphatic rings. The van der Waals surface area contributed by atoms with E-state index in [2.05, 4.69) is 27.7 Å². The van der Waals surface area contributed by atoms with Crippen LogP contribution >= 0.6 is 0 Å². The molecule has 0 aromatic rings. The molecule has 0 aromatic heterocycles. The first-order valence-electron chi connectivity index (χ1n) is 4.57. The zero-order valence-corrected chi connectivity index (χ0v) is 8.59. The van der Waals surface area contributed by atoms with Crippen molar-refractivity contribution in [2.75, 3.05) is 6.61 Å². The molecule has 1 atom stereocenters. The number of hydrogen-bond donors (Lipinski definition) is 0. The Hall–Kier alpha value is -0.530. The summed E-state index contributed by atoms with van der Waals surface area (Å²) >= 11 is 0. The second-order valence-corrected chi connectivity index (χ2v) is 4.29. The molecule has 2 nitrogen and oxygen atoms in total. The molecular formula is C10H20O2. The summed E-state index contributed by atoms with van der Waals surface area (Å²) in [6.45, 7) is 9.72. The van der Waals surface area contributed by atoms with Crippen LogP contribution in [0.1, 0.15) is 40.5 Å². The molecule has 0 N–H and O–H groups in total. The van der Waals surface area contributed by atoms with Crippen LogP contribution in [0.25, 0.3) is 0 Å². The van der Waals surface area contributed by atoms with Gasteiger partial charge in [-0.3, -0.25) is 4.79 Å². The van der Waals surface area contributed by atoms with E-state index >= 15 is 0 Å². The first-order valence-corrected chi connectivity index (χ1v) is 4.57. The standard InChI is InChI=1S/C10H20O2/c1-5-9(2)6-10(3,4)7-12-8-11/h8-9H,5-7H2,1-4H3. The lowest BCUT2D eigenvalue weighted by molar-refractivity contribution is -0.131. The fraction of sp³-hybridized carbons (Fsp3) is 0.900. The molecule has 0 amide bonds. The van der Waals surface area contributed by atoms with Crippen molar-refractivity contribution >= 4 is 6.47 Å². The van der Waals surface area contributed by atoms with Gasteiger partial charge in [-0.15, -0.1) is 0 Å². The number of carbonyl (C=O) groups is 1. The van der Waals surface area contributed by atoms with Gasteiger partial charge in [-0.1, -0.05) is 34.1 Å². The van der Waals surface area contributed by atoms with Crippen LogP contribution in [0.4, 0.5) is 0 Å². The molecule has 12 heavy (non-hydrogen) atoms. The molecule has 0 bridgehead atoms. The van der Waals surface area contributed by atoms with Gasteiger partial charge >= 0.3 is 0 Å². The third-order valence-corrected chi connectivity index (χ3v) is 2.14. The Bertz CT molecular complexity index is 130. The highest BCUT2D eigenvalue weighted by Crippen LogP contribution is 2.26. The minimum atomic E-state index is 0.121. The van der Waals surface area contributed by atoms with Crippen LogP contribution in [0, 0.1) is 11.3 Å². The van der Waals surface area contributed by atoms with Gasteiger partial charge in [0.05, 0.1) is 6.61 Å². The molecule has 2 heteroatoms. The lowest BCUT2D eigenvalue weighted by Gasteiger charge is -2.26.